The molecule has 0 saturated heterocycles. The van der Waals surface area contributed by atoms with Crippen molar-refractivity contribution in [3.63, 3.8) is 0 Å². The van der Waals surface area contributed by atoms with E-state index < -0.39 is 0 Å². The van der Waals surface area contributed by atoms with E-state index in [0.717, 1.165) is 29.0 Å². The van der Waals surface area contributed by atoms with E-state index in [4.69, 9.17) is 4.74 Å². The van der Waals surface area contributed by atoms with Gasteiger partial charge < -0.3 is 9.64 Å². The van der Waals surface area contributed by atoms with Crippen molar-refractivity contribution >= 4 is 17.1 Å². The van der Waals surface area contributed by atoms with Crippen LogP contribution in [-0.4, -0.2) is 0 Å². The SMILES string of the molecule is CC1(C)CCC(C)(C)c2cc(-c3ccc(N(c4ccc5c(c4)C(C)(C)CCC5(C)C)c4cccc5c4Oc4ccccc4C54C5CC6CC(C5)CC4C6)cc3)ccc21. The summed E-state index contributed by atoms with van der Waals surface area (Å²) >= 11 is 0. The molecule has 0 N–H and O–H groups in total. The minimum Gasteiger partial charge on any atom is -0.455 e. The van der Waals surface area contributed by atoms with Crippen LogP contribution in [0.4, 0.5) is 17.1 Å². The smallest absolute Gasteiger partial charge is 0.155 e. The van der Waals surface area contributed by atoms with Crippen molar-refractivity contribution in [1.82, 2.24) is 0 Å². The highest BCUT2D eigenvalue weighted by Gasteiger charge is 2.61. The van der Waals surface area contributed by atoms with Gasteiger partial charge in [0, 0.05) is 27.9 Å². The van der Waals surface area contributed by atoms with Crippen molar-refractivity contribution < 1.29 is 4.74 Å². The minimum absolute atomic E-state index is 0.000206. The van der Waals surface area contributed by atoms with Crippen molar-refractivity contribution in [2.75, 3.05) is 4.90 Å². The lowest BCUT2D eigenvalue weighted by Crippen LogP contribution is -2.57. The molecular weight excluding hydrogens is 703 g/mol. The second kappa shape index (κ2) is 12.4. The van der Waals surface area contributed by atoms with E-state index in [9.17, 15) is 0 Å². The summed E-state index contributed by atoms with van der Waals surface area (Å²) in [6, 6.07) is 40.4. The van der Waals surface area contributed by atoms with Gasteiger partial charge in [-0.2, -0.15) is 0 Å². The summed E-state index contributed by atoms with van der Waals surface area (Å²) in [6.45, 7) is 19.5. The van der Waals surface area contributed by atoms with Crippen LogP contribution in [0.25, 0.3) is 11.1 Å². The van der Waals surface area contributed by atoms with Gasteiger partial charge in [-0.15, -0.1) is 0 Å². The lowest BCUT2D eigenvalue weighted by Gasteiger charge is -2.63. The topological polar surface area (TPSA) is 12.5 Å². The maximum absolute atomic E-state index is 7.29. The Bertz CT molecular complexity index is 2430. The fourth-order valence-electron chi connectivity index (χ4n) is 13.8. The molecule has 4 saturated carbocycles. The first-order chi connectivity index (χ1) is 27.7. The first-order valence-corrected chi connectivity index (χ1v) is 22.8. The number of hydrogen-bond acceptors (Lipinski definition) is 2. The Hall–Kier alpha value is -4.30. The molecule has 0 atom stereocenters. The van der Waals surface area contributed by atoms with E-state index in [0.29, 0.717) is 11.8 Å². The quantitative estimate of drug-likeness (QED) is 0.181. The lowest BCUT2D eigenvalue weighted by atomic mass is 9.42. The van der Waals surface area contributed by atoms with Gasteiger partial charge in [-0.3, -0.25) is 0 Å². The van der Waals surface area contributed by atoms with Gasteiger partial charge in [0.1, 0.15) is 5.75 Å². The summed E-state index contributed by atoms with van der Waals surface area (Å²) in [5.41, 5.74) is 15.6. The second-order valence-corrected chi connectivity index (χ2v) is 22.3. The van der Waals surface area contributed by atoms with Crippen molar-refractivity contribution in [3.05, 3.63) is 137 Å². The highest BCUT2D eigenvalue weighted by Crippen LogP contribution is 2.70. The normalized spacial score (nSPS) is 28.5. The number of para-hydroxylation sites is 2. The third-order valence-corrected chi connectivity index (χ3v) is 17.1. The molecule has 2 nitrogen and oxygen atoms in total. The summed E-state index contributed by atoms with van der Waals surface area (Å²) in [4.78, 5) is 2.54. The van der Waals surface area contributed by atoms with Crippen molar-refractivity contribution in [3.8, 4) is 22.6 Å². The zero-order valence-electron chi connectivity index (χ0n) is 36.3. The molecule has 12 rings (SSSR count). The van der Waals surface area contributed by atoms with Crippen LogP contribution in [-0.2, 0) is 27.1 Å². The van der Waals surface area contributed by atoms with E-state index in [-0.39, 0.29) is 27.1 Å². The minimum atomic E-state index is -0.000206. The molecule has 4 bridgehead atoms. The molecule has 5 aromatic rings. The Balaban J connectivity index is 1.09. The van der Waals surface area contributed by atoms with E-state index in [2.05, 4.69) is 163 Å². The molecular formula is C56H63NO. The van der Waals surface area contributed by atoms with E-state index in [1.807, 2.05) is 0 Å². The number of ether oxygens (including phenoxy) is 1. The van der Waals surface area contributed by atoms with E-state index in [1.54, 1.807) is 0 Å². The third-order valence-electron chi connectivity index (χ3n) is 17.1. The van der Waals surface area contributed by atoms with Gasteiger partial charge in [0.05, 0.1) is 5.69 Å². The molecule has 7 aliphatic rings. The van der Waals surface area contributed by atoms with Crippen LogP contribution in [0.2, 0.25) is 0 Å². The van der Waals surface area contributed by atoms with Crippen molar-refractivity contribution in [2.45, 2.75) is 140 Å². The van der Waals surface area contributed by atoms with E-state index >= 15 is 0 Å². The van der Waals surface area contributed by atoms with Gasteiger partial charge in [-0.25, -0.2) is 0 Å². The maximum Gasteiger partial charge on any atom is 0.155 e. The van der Waals surface area contributed by atoms with Gasteiger partial charge in [-0.1, -0.05) is 122 Å². The Labute approximate surface area is 348 Å². The average molecular weight is 766 g/mol. The molecule has 0 amide bonds. The first-order valence-electron chi connectivity index (χ1n) is 22.8. The van der Waals surface area contributed by atoms with Crippen molar-refractivity contribution in [1.29, 1.82) is 0 Å². The maximum atomic E-state index is 7.29. The molecule has 298 valence electrons. The molecule has 4 fully saturated rings. The predicted molar refractivity (Wildman–Crippen MR) is 241 cm³/mol. The number of hydrogen-bond donors (Lipinski definition) is 0. The summed E-state index contributed by atoms with van der Waals surface area (Å²) in [5.74, 6) is 5.23. The second-order valence-electron chi connectivity index (χ2n) is 22.3. The molecule has 1 heterocycles. The summed E-state index contributed by atoms with van der Waals surface area (Å²) in [7, 11) is 0. The van der Waals surface area contributed by atoms with Gasteiger partial charge in [0.2, 0.25) is 0 Å². The number of rotatable bonds is 4. The molecule has 1 spiro atoms. The standard InChI is InChI=1S/C56H63NO/c1-52(2)24-26-54(5,6)47-33-38(18-22-43(47)52)37-16-19-41(20-17-37)57(42-21-23-44-48(34-42)55(7,8)27-25-53(44,3)4)49-14-11-13-46-51(49)58-50-15-10-9-12-45(50)56(46)39-29-35-28-36(31-39)32-40(56)30-35/h9-23,33-36,39-40H,24-32H2,1-8H3. The van der Waals surface area contributed by atoms with Crippen LogP contribution in [0.15, 0.2) is 103 Å². The van der Waals surface area contributed by atoms with Crippen LogP contribution in [0, 0.1) is 23.7 Å². The average Bonchev–Trinajstić information content (AvgIpc) is 3.20. The molecule has 2 heteroatoms. The molecule has 6 aliphatic carbocycles. The zero-order chi connectivity index (χ0) is 40.0. The van der Waals surface area contributed by atoms with E-state index in [1.165, 1.54) is 114 Å². The monoisotopic (exact) mass is 765 g/mol. The lowest BCUT2D eigenvalue weighted by molar-refractivity contribution is -0.0451. The molecule has 0 radical (unpaired) electrons. The summed E-state index contributed by atoms with van der Waals surface area (Å²) in [5, 5.41) is 0. The molecule has 0 unspecified atom stereocenters. The molecule has 58 heavy (non-hydrogen) atoms. The Morgan fingerprint density at radius 2 is 0.966 bits per heavy atom. The predicted octanol–water partition coefficient (Wildman–Crippen LogP) is 15.4. The highest BCUT2D eigenvalue weighted by atomic mass is 16.5. The summed E-state index contributed by atoms with van der Waals surface area (Å²) < 4.78 is 7.29. The third kappa shape index (κ3) is 5.28. The number of fused-ring (bicyclic) bond motifs is 4. The number of nitrogens with zero attached hydrogens (tertiary/aromatic N) is 1. The van der Waals surface area contributed by atoms with Crippen molar-refractivity contribution in [2.24, 2.45) is 23.7 Å². The zero-order valence-corrected chi connectivity index (χ0v) is 36.3. The number of anilines is 3. The molecule has 0 aromatic heterocycles. The largest absolute Gasteiger partial charge is 0.455 e. The first kappa shape index (κ1) is 36.8. The fraction of sp³-hybridized carbons (Fsp3) is 0.464. The Morgan fingerprint density at radius 1 is 0.448 bits per heavy atom. The van der Waals surface area contributed by atoms with Crippen LogP contribution in [0.5, 0.6) is 11.5 Å². The van der Waals surface area contributed by atoms with Crippen LogP contribution < -0.4 is 9.64 Å². The van der Waals surface area contributed by atoms with Crippen LogP contribution in [0.1, 0.15) is 147 Å². The van der Waals surface area contributed by atoms with Gasteiger partial charge >= 0.3 is 0 Å². The van der Waals surface area contributed by atoms with Gasteiger partial charge in [0.25, 0.3) is 0 Å². The van der Waals surface area contributed by atoms with Gasteiger partial charge in [0.15, 0.2) is 5.75 Å². The van der Waals surface area contributed by atoms with Gasteiger partial charge in [-0.05, 0) is 173 Å². The van der Waals surface area contributed by atoms with Crippen LogP contribution in [0.3, 0.4) is 0 Å². The Kier molecular flexibility index (Phi) is 7.84. The number of benzene rings is 5. The fourth-order valence-corrected chi connectivity index (χ4v) is 13.8. The highest BCUT2D eigenvalue weighted by molar-refractivity contribution is 5.84. The Morgan fingerprint density at radius 3 is 1.60 bits per heavy atom. The van der Waals surface area contributed by atoms with Crippen LogP contribution >= 0.6 is 0 Å². The summed E-state index contributed by atoms with van der Waals surface area (Å²) in [6.07, 6.45) is 11.7. The molecule has 1 aliphatic heterocycles. The molecule has 5 aromatic carbocycles.